The predicted molar refractivity (Wildman–Crippen MR) is 85.2 cm³/mol. The Labute approximate surface area is 134 Å². The van der Waals surface area contributed by atoms with Crippen LogP contribution in [-0.2, 0) is 7.05 Å². The van der Waals surface area contributed by atoms with E-state index in [1.165, 1.54) is 0 Å². The largest absolute Gasteiger partial charge is 0.371 e. The summed E-state index contributed by atoms with van der Waals surface area (Å²) < 4.78 is 42.5. The fraction of sp³-hybridized carbons (Fsp3) is 0.125. The number of anilines is 1. The van der Waals surface area contributed by atoms with Crippen molar-refractivity contribution in [2.24, 2.45) is 7.05 Å². The molecule has 0 bridgehead atoms. The molecule has 5 nitrogen and oxygen atoms in total. The molecule has 0 aliphatic heterocycles. The lowest BCUT2D eigenvalue weighted by molar-refractivity contribution is 0.496. The van der Waals surface area contributed by atoms with Gasteiger partial charge in [0.15, 0.2) is 17.5 Å². The molecule has 4 aromatic rings. The normalized spacial score (nSPS) is 11.5. The van der Waals surface area contributed by atoms with Crippen molar-refractivity contribution in [3.63, 3.8) is 0 Å². The highest BCUT2D eigenvalue weighted by atomic mass is 19.2. The number of pyridine rings is 1. The van der Waals surface area contributed by atoms with Crippen molar-refractivity contribution in [3.05, 3.63) is 42.0 Å². The van der Waals surface area contributed by atoms with Gasteiger partial charge in [0, 0.05) is 31.1 Å². The number of H-pyrrole nitrogens is 1. The fourth-order valence-corrected chi connectivity index (χ4v) is 2.85. The highest BCUT2D eigenvalue weighted by molar-refractivity contribution is 6.07. The summed E-state index contributed by atoms with van der Waals surface area (Å²) in [5.74, 6) is -2.62. The smallest absolute Gasteiger partial charge is 0.161 e. The van der Waals surface area contributed by atoms with E-state index in [9.17, 15) is 13.2 Å². The van der Waals surface area contributed by atoms with Gasteiger partial charge in [-0.3, -0.25) is 0 Å². The predicted octanol–water partition coefficient (Wildman–Crippen LogP) is 3.58. The average molecular weight is 331 g/mol. The number of aryl methyl sites for hydroxylation is 1. The Kier molecular flexibility index (Phi) is 3.02. The van der Waals surface area contributed by atoms with Crippen LogP contribution in [0.15, 0.2) is 24.5 Å². The second kappa shape index (κ2) is 4.98. The maximum Gasteiger partial charge on any atom is 0.161 e. The van der Waals surface area contributed by atoms with E-state index in [4.69, 9.17) is 0 Å². The minimum absolute atomic E-state index is 0.0618. The molecule has 0 radical (unpaired) electrons. The number of nitrogens with zero attached hydrogens (tertiary/aromatic N) is 3. The highest BCUT2D eigenvalue weighted by Crippen LogP contribution is 2.32. The minimum Gasteiger partial charge on any atom is -0.371 e. The molecule has 0 saturated carbocycles. The molecule has 2 N–H and O–H groups in total. The van der Waals surface area contributed by atoms with E-state index in [-0.39, 0.29) is 5.56 Å². The van der Waals surface area contributed by atoms with Crippen molar-refractivity contribution < 1.29 is 13.2 Å². The van der Waals surface area contributed by atoms with E-state index in [0.29, 0.717) is 34.1 Å². The lowest BCUT2D eigenvalue weighted by Crippen LogP contribution is -1.95. The van der Waals surface area contributed by atoms with E-state index in [1.807, 2.05) is 11.6 Å². The summed E-state index contributed by atoms with van der Waals surface area (Å²) >= 11 is 0. The molecule has 3 heterocycles. The van der Waals surface area contributed by atoms with E-state index in [1.54, 1.807) is 19.4 Å². The minimum atomic E-state index is -1.23. The summed E-state index contributed by atoms with van der Waals surface area (Å²) in [6, 6.07) is 3.01. The van der Waals surface area contributed by atoms with Crippen LogP contribution in [0, 0.1) is 17.5 Å². The summed E-state index contributed by atoms with van der Waals surface area (Å²) in [6.45, 7) is 0. The topological polar surface area (TPSA) is 58.5 Å². The lowest BCUT2D eigenvalue weighted by atomic mass is 10.1. The number of imidazole rings is 1. The molecule has 0 aliphatic rings. The number of hydrogen-bond acceptors (Lipinski definition) is 3. The number of halogens is 3. The van der Waals surface area contributed by atoms with Crippen LogP contribution in [0.4, 0.5) is 19.0 Å². The third-order valence-corrected chi connectivity index (χ3v) is 3.97. The Morgan fingerprint density at radius 1 is 1.08 bits per heavy atom. The summed E-state index contributed by atoms with van der Waals surface area (Å²) in [5.41, 5.74) is 2.21. The van der Waals surface area contributed by atoms with Gasteiger partial charge in [-0.2, -0.15) is 0 Å². The third kappa shape index (κ3) is 1.96. The van der Waals surface area contributed by atoms with Crippen molar-refractivity contribution in [2.45, 2.75) is 0 Å². The molecule has 0 unspecified atom stereocenters. The second-order valence-corrected chi connectivity index (χ2v) is 5.45. The van der Waals surface area contributed by atoms with Crippen LogP contribution < -0.4 is 5.32 Å². The van der Waals surface area contributed by atoms with E-state index >= 15 is 0 Å². The number of nitrogens with one attached hydrogen (secondary N) is 2. The zero-order valence-corrected chi connectivity index (χ0v) is 12.8. The van der Waals surface area contributed by atoms with Gasteiger partial charge in [0.05, 0.1) is 17.5 Å². The molecular weight excluding hydrogens is 319 g/mol. The molecule has 0 amide bonds. The number of hydrogen-bond donors (Lipinski definition) is 2. The molecule has 8 heteroatoms. The Morgan fingerprint density at radius 3 is 2.58 bits per heavy atom. The lowest BCUT2D eigenvalue weighted by Gasteiger charge is -2.02. The summed E-state index contributed by atoms with van der Waals surface area (Å²) in [7, 11) is 3.56. The van der Waals surface area contributed by atoms with Crippen LogP contribution in [0.25, 0.3) is 33.3 Å². The maximum atomic E-state index is 14.0. The Bertz CT molecular complexity index is 1100. The average Bonchev–Trinajstić information content (AvgIpc) is 3.13. The van der Waals surface area contributed by atoms with Gasteiger partial charge in [0.1, 0.15) is 17.0 Å². The SMILES string of the molecule is CNc1nc2[nH]c(-c3cc(F)c(F)cc3F)cc2c2c1ncn2C. The Morgan fingerprint density at radius 2 is 1.83 bits per heavy atom. The van der Waals surface area contributed by atoms with E-state index in [2.05, 4.69) is 20.3 Å². The molecule has 0 spiro atoms. The number of rotatable bonds is 2. The monoisotopic (exact) mass is 331 g/mol. The van der Waals surface area contributed by atoms with Crippen molar-refractivity contribution in [1.82, 2.24) is 19.5 Å². The molecule has 0 saturated heterocycles. The second-order valence-electron chi connectivity index (χ2n) is 5.45. The molecule has 122 valence electrons. The first kappa shape index (κ1) is 14.6. The van der Waals surface area contributed by atoms with Crippen molar-refractivity contribution in [1.29, 1.82) is 0 Å². The molecule has 24 heavy (non-hydrogen) atoms. The first-order valence-corrected chi connectivity index (χ1v) is 7.16. The molecule has 0 atom stereocenters. The molecule has 3 aromatic heterocycles. The van der Waals surface area contributed by atoms with Crippen LogP contribution in [0.1, 0.15) is 0 Å². The first-order valence-electron chi connectivity index (χ1n) is 7.16. The van der Waals surface area contributed by atoms with E-state index < -0.39 is 17.5 Å². The molecule has 0 aliphatic carbocycles. The van der Waals surface area contributed by atoms with Crippen LogP contribution in [-0.4, -0.2) is 26.6 Å². The number of benzene rings is 1. The molecular formula is C16H12F3N5. The molecule has 1 aromatic carbocycles. The zero-order chi connectivity index (χ0) is 17.0. The van der Waals surface area contributed by atoms with Gasteiger partial charge in [0.2, 0.25) is 0 Å². The first-order chi connectivity index (χ1) is 11.5. The summed E-state index contributed by atoms with van der Waals surface area (Å²) in [6.07, 6.45) is 1.65. The van der Waals surface area contributed by atoms with E-state index in [0.717, 1.165) is 11.6 Å². The standard InChI is InChI=1S/C16H12F3N5/c1-20-16-13-14(24(2)6-21-13)8-4-12(22-15(8)23-16)7-3-10(18)11(19)5-9(7)17/h3-6H,1-2H3,(H2,20,22,23). The van der Waals surface area contributed by atoms with Gasteiger partial charge < -0.3 is 14.9 Å². The third-order valence-electron chi connectivity index (χ3n) is 3.97. The quantitative estimate of drug-likeness (QED) is 0.552. The summed E-state index contributed by atoms with van der Waals surface area (Å²) in [4.78, 5) is 11.7. The number of aromatic amines is 1. The molecule has 4 rings (SSSR count). The van der Waals surface area contributed by atoms with Gasteiger partial charge >= 0.3 is 0 Å². The van der Waals surface area contributed by atoms with Gasteiger partial charge in [0.25, 0.3) is 0 Å². The van der Waals surface area contributed by atoms with Crippen molar-refractivity contribution in [3.8, 4) is 11.3 Å². The van der Waals surface area contributed by atoms with Crippen molar-refractivity contribution in [2.75, 3.05) is 12.4 Å². The van der Waals surface area contributed by atoms with Crippen LogP contribution in [0.5, 0.6) is 0 Å². The number of aromatic nitrogens is 4. The zero-order valence-electron chi connectivity index (χ0n) is 12.8. The Balaban J connectivity index is 2.04. The van der Waals surface area contributed by atoms with Gasteiger partial charge in [-0.15, -0.1) is 0 Å². The van der Waals surface area contributed by atoms with Gasteiger partial charge in [-0.25, -0.2) is 23.1 Å². The van der Waals surface area contributed by atoms with Gasteiger partial charge in [-0.05, 0) is 12.1 Å². The number of fused-ring (bicyclic) bond motifs is 3. The van der Waals surface area contributed by atoms with Crippen molar-refractivity contribution >= 4 is 27.9 Å². The Hall–Kier alpha value is -3.03. The van der Waals surface area contributed by atoms with Gasteiger partial charge in [-0.1, -0.05) is 0 Å². The maximum absolute atomic E-state index is 14.0. The fourth-order valence-electron chi connectivity index (χ4n) is 2.85. The van der Waals surface area contributed by atoms with Crippen LogP contribution in [0.2, 0.25) is 0 Å². The van der Waals surface area contributed by atoms with Crippen LogP contribution >= 0.6 is 0 Å². The van der Waals surface area contributed by atoms with Crippen LogP contribution in [0.3, 0.4) is 0 Å². The summed E-state index contributed by atoms with van der Waals surface area (Å²) in [5, 5.41) is 3.67. The highest BCUT2D eigenvalue weighted by Gasteiger charge is 2.18. The molecule has 0 fully saturated rings.